The number of benzene rings is 2. The van der Waals surface area contributed by atoms with E-state index in [1.54, 1.807) is 17.0 Å². The first kappa shape index (κ1) is 21.6. The molecule has 0 spiro atoms. The van der Waals surface area contributed by atoms with Crippen molar-refractivity contribution in [2.75, 3.05) is 38.2 Å². The molecule has 2 aromatic rings. The highest BCUT2D eigenvalue weighted by Crippen LogP contribution is 2.36. The number of halogens is 1. The molecule has 2 aromatic carbocycles. The number of nitro benzene ring substituents is 1. The van der Waals surface area contributed by atoms with Crippen LogP contribution in [0.5, 0.6) is 0 Å². The molecule has 1 amide bonds. The number of anilines is 1. The first-order valence-electron chi connectivity index (χ1n) is 10.6. The van der Waals surface area contributed by atoms with Crippen molar-refractivity contribution in [1.29, 1.82) is 0 Å². The lowest BCUT2D eigenvalue weighted by molar-refractivity contribution is -0.385. The van der Waals surface area contributed by atoms with Crippen molar-refractivity contribution >= 4 is 28.9 Å². The molecule has 0 bridgehead atoms. The second-order valence-electron chi connectivity index (χ2n) is 8.24. The molecule has 1 N–H and O–H groups in total. The zero-order valence-electron chi connectivity index (χ0n) is 17.3. The van der Waals surface area contributed by atoms with Gasteiger partial charge in [-0.1, -0.05) is 23.7 Å². The normalized spacial score (nSPS) is 18.0. The van der Waals surface area contributed by atoms with Crippen LogP contribution >= 0.6 is 11.6 Å². The molecule has 0 saturated carbocycles. The standard InChI is InChI=1S/C23H26ClN3O4/c24-18-5-3-17(4-6-18)23(9-13-31-14-10-23)16-25-19-7-8-21(27(29)30)20(15-19)22(28)26-11-1-2-12-26/h3-8,15,25H,1-2,9-14,16H2. The summed E-state index contributed by atoms with van der Waals surface area (Å²) in [5, 5.41) is 15.6. The maximum absolute atomic E-state index is 12.9. The summed E-state index contributed by atoms with van der Waals surface area (Å²) < 4.78 is 5.59. The summed E-state index contributed by atoms with van der Waals surface area (Å²) in [5.74, 6) is -0.272. The molecule has 4 rings (SSSR count). The molecule has 2 aliphatic rings. The van der Waals surface area contributed by atoms with Crippen molar-refractivity contribution in [3.63, 3.8) is 0 Å². The molecule has 164 valence electrons. The Morgan fingerprint density at radius 1 is 1.13 bits per heavy atom. The van der Waals surface area contributed by atoms with E-state index in [0.29, 0.717) is 43.6 Å². The lowest BCUT2D eigenvalue weighted by Crippen LogP contribution is -2.40. The Morgan fingerprint density at radius 3 is 2.45 bits per heavy atom. The molecule has 0 unspecified atom stereocenters. The predicted octanol–water partition coefficient (Wildman–Crippen LogP) is 4.64. The van der Waals surface area contributed by atoms with Crippen molar-refractivity contribution < 1.29 is 14.5 Å². The number of hydrogen-bond acceptors (Lipinski definition) is 5. The highest BCUT2D eigenvalue weighted by molar-refractivity contribution is 6.30. The average molecular weight is 444 g/mol. The molecule has 8 heteroatoms. The molecular formula is C23H26ClN3O4. The van der Waals surface area contributed by atoms with Gasteiger partial charge in [-0.05, 0) is 55.5 Å². The second kappa shape index (κ2) is 9.24. The third kappa shape index (κ3) is 4.67. The lowest BCUT2D eigenvalue weighted by Gasteiger charge is -2.38. The summed E-state index contributed by atoms with van der Waals surface area (Å²) in [6, 6.07) is 12.6. The smallest absolute Gasteiger partial charge is 0.282 e. The van der Waals surface area contributed by atoms with Crippen LogP contribution in [0.25, 0.3) is 0 Å². The van der Waals surface area contributed by atoms with E-state index in [2.05, 4.69) is 5.32 Å². The summed E-state index contributed by atoms with van der Waals surface area (Å²) in [6.07, 6.45) is 3.58. The van der Waals surface area contributed by atoms with Gasteiger partial charge in [0.1, 0.15) is 5.56 Å². The first-order chi connectivity index (χ1) is 15.0. The number of nitrogens with zero attached hydrogens (tertiary/aromatic N) is 2. The van der Waals surface area contributed by atoms with Gasteiger partial charge >= 0.3 is 0 Å². The van der Waals surface area contributed by atoms with Crippen molar-refractivity contribution in [3.05, 3.63) is 68.7 Å². The van der Waals surface area contributed by atoms with E-state index in [0.717, 1.165) is 25.7 Å². The van der Waals surface area contributed by atoms with Crippen LogP contribution in [-0.4, -0.2) is 48.6 Å². The SMILES string of the molecule is O=C(c1cc(NCC2(c3ccc(Cl)cc3)CCOCC2)ccc1[N+](=O)[O-])N1CCCC1. The number of carbonyl (C=O) groups excluding carboxylic acids is 1. The predicted molar refractivity (Wildman–Crippen MR) is 120 cm³/mol. The average Bonchev–Trinajstić information content (AvgIpc) is 3.33. The fourth-order valence-electron chi connectivity index (χ4n) is 4.47. The molecule has 2 heterocycles. The molecular weight excluding hydrogens is 418 g/mol. The van der Waals surface area contributed by atoms with Crippen LogP contribution < -0.4 is 5.32 Å². The summed E-state index contributed by atoms with van der Waals surface area (Å²) in [7, 11) is 0. The minimum absolute atomic E-state index is 0.135. The van der Waals surface area contributed by atoms with E-state index in [1.807, 2.05) is 24.3 Å². The van der Waals surface area contributed by atoms with Crippen molar-refractivity contribution in [1.82, 2.24) is 4.90 Å². The summed E-state index contributed by atoms with van der Waals surface area (Å²) in [6.45, 7) is 3.26. The molecule has 0 aliphatic carbocycles. The van der Waals surface area contributed by atoms with E-state index in [4.69, 9.17) is 16.3 Å². The first-order valence-corrected chi connectivity index (χ1v) is 11.0. The number of likely N-dealkylation sites (tertiary alicyclic amines) is 1. The van der Waals surface area contributed by atoms with Gasteiger partial charge in [-0.15, -0.1) is 0 Å². The highest BCUT2D eigenvalue weighted by Gasteiger charge is 2.35. The van der Waals surface area contributed by atoms with Gasteiger partial charge < -0.3 is 15.0 Å². The number of ether oxygens (including phenoxy) is 1. The summed E-state index contributed by atoms with van der Waals surface area (Å²) in [5.41, 5.74) is 1.74. The molecule has 2 saturated heterocycles. The van der Waals surface area contributed by atoms with Gasteiger partial charge in [-0.2, -0.15) is 0 Å². The Morgan fingerprint density at radius 2 is 1.81 bits per heavy atom. The monoisotopic (exact) mass is 443 g/mol. The third-order valence-corrected chi connectivity index (χ3v) is 6.61. The Bertz CT molecular complexity index is 952. The molecule has 2 fully saturated rings. The third-order valence-electron chi connectivity index (χ3n) is 6.35. The Labute approximate surface area is 186 Å². The lowest BCUT2D eigenvalue weighted by atomic mass is 9.74. The number of carbonyl (C=O) groups is 1. The zero-order valence-corrected chi connectivity index (χ0v) is 18.1. The van der Waals surface area contributed by atoms with E-state index in [-0.39, 0.29) is 22.6 Å². The van der Waals surface area contributed by atoms with E-state index >= 15 is 0 Å². The Kier molecular flexibility index (Phi) is 6.43. The van der Waals surface area contributed by atoms with E-state index in [1.165, 1.54) is 11.6 Å². The fourth-order valence-corrected chi connectivity index (χ4v) is 4.60. The summed E-state index contributed by atoms with van der Waals surface area (Å²) >= 11 is 6.08. The topological polar surface area (TPSA) is 84.7 Å². The van der Waals surface area contributed by atoms with Crippen LogP contribution in [0.2, 0.25) is 5.02 Å². The van der Waals surface area contributed by atoms with E-state index < -0.39 is 4.92 Å². The van der Waals surface area contributed by atoms with Crippen LogP contribution in [0.4, 0.5) is 11.4 Å². The van der Waals surface area contributed by atoms with Gasteiger partial charge in [0.05, 0.1) is 4.92 Å². The number of nitrogens with one attached hydrogen (secondary N) is 1. The molecule has 0 radical (unpaired) electrons. The number of nitro groups is 1. The van der Waals surface area contributed by atoms with E-state index in [9.17, 15) is 14.9 Å². The molecule has 0 aromatic heterocycles. The highest BCUT2D eigenvalue weighted by atomic mass is 35.5. The van der Waals surface area contributed by atoms with Gasteiger partial charge in [0, 0.05) is 55.0 Å². The largest absolute Gasteiger partial charge is 0.384 e. The zero-order chi connectivity index (χ0) is 21.8. The molecule has 31 heavy (non-hydrogen) atoms. The number of amides is 1. The Hall–Kier alpha value is -2.64. The fraction of sp³-hybridized carbons (Fsp3) is 0.435. The quantitative estimate of drug-likeness (QED) is 0.519. The molecule has 0 atom stereocenters. The van der Waals surface area contributed by atoms with Crippen LogP contribution in [0, 0.1) is 10.1 Å². The number of hydrogen-bond donors (Lipinski definition) is 1. The van der Waals surface area contributed by atoms with Gasteiger partial charge in [-0.3, -0.25) is 14.9 Å². The maximum Gasteiger partial charge on any atom is 0.282 e. The van der Waals surface area contributed by atoms with Crippen molar-refractivity contribution in [2.24, 2.45) is 0 Å². The van der Waals surface area contributed by atoms with Gasteiger partial charge in [0.25, 0.3) is 11.6 Å². The van der Waals surface area contributed by atoms with Crippen LogP contribution in [-0.2, 0) is 10.2 Å². The molecule has 7 nitrogen and oxygen atoms in total. The van der Waals surface area contributed by atoms with Gasteiger partial charge in [0.2, 0.25) is 0 Å². The van der Waals surface area contributed by atoms with Gasteiger partial charge in [0.15, 0.2) is 0 Å². The minimum atomic E-state index is -0.485. The van der Waals surface area contributed by atoms with Crippen molar-refractivity contribution in [2.45, 2.75) is 31.1 Å². The van der Waals surface area contributed by atoms with Crippen LogP contribution in [0.1, 0.15) is 41.6 Å². The summed E-state index contributed by atoms with van der Waals surface area (Å²) in [4.78, 5) is 25.6. The van der Waals surface area contributed by atoms with Crippen molar-refractivity contribution in [3.8, 4) is 0 Å². The minimum Gasteiger partial charge on any atom is -0.384 e. The van der Waals surface area contributed by atoms with Crippen LogP contribution in [0.15, 0.2) is 42.5 Å². The van der Waals surface area contributed by atoms with Gasteiger partial charge in [-0.25, -0.2) is 0 Å². The Balaban J connectivity index is 1.59. The maximum atomic E-state index is 12.9. The van der Waals surface area contributed by atoms with Crippen LogP contribution in [0.3, 0.4) is 0 Å². The molecule has 2 aliphatic heterocycles. The number of rotatable bonds is 6. The second-order valence-corrected chi connectivity index (χ2v) is 8.68.